The van der Waals surface area contributed by atoms with E-state index in [-0.39, 0.29) is 12.3 Å². The third kappa shape index (κ3) is 5.41. The minimum atomic E-state index is -4.39. The Bertz CT molecular complexity index is 705. The second kappa shape index (κ2) is 7.92. The van der Waals surface area contributed by atoms with Crippen molar-refractivity contribution < 1.29 is 27.4 Å². The molecule has 25 heavy (non-hydrogen) atoms. The zero-order valence-electron chi connectivity index (χ0n) is 13.8. The van der Waals surface area contributed by atoms with Crippen LogP contribution in [0.1, 0.15) is 17.5 Å². The third-order valence-corrected chi connectivity index (χ3v) is 3.55. The third-order valence-electron chi connectivity index (χ3n) is 3.55. The van der Waals surface area contributed by atoms with Gasteiger partial charge in [0.2, 0.25) is 5.91 Å². The van der Waals surface area contributed by atoms with Crippen molar-refractivity contribution in [1.82, 2.24) is 0 Å². The van der Waals surface area contributed by atoms with Gasteiger partial charge in [-0.15, -0.1) is 0 Å². The molecule has 0 aliphatic carbocycles. The molecule has 0 heterocycles. The number of carbonyl (C=O) groups excluding carboxylic acids is 1. The van der Waals surface area contributed by atoms with Crippen LogP contribution < -0.4 is 14.8 Å². The summed E-state index contributed by atoms with van der Waals surface area (Å²) in [4.78, 5) is 12.0. The Morgan fingerprint density at radius 2 is 1.56 bits per heavy atom. The van der Waals surface area contributed by atoms with Crippen molar-refractivity contribution >= 4 is 11.6 Å². The summed E-state index contributed by atoms with van der Waals surface area (Å²) in [6, 6.07) is 9.66. The molecule has 7 heteroatoms. The number of nitrogens with one attached hydrogen (secondary N) is 1. The number of methoxy groups -OCH3 is 2. The summed E-state index contributed by atoms with van der Waals surface area (Å²) >= 11 is 0. The number of alkyl halides is 3. The smallest absolute Gasteiger partial charge is 0.416 e. The highest BCUT2D eigenvalue weighted by Gasteiger charge is 2.29. The van der Waals surface area contributed by atoms with Crippen LogP contribution in [-0.2, 0) is 17.4 Å². The molecule has 134 valence electrons. The highest BCUT2D eigenvalue weighted by molar-refractivity contribution is 5.90. The molecule has 0 saturated carbocycles. The van der Waals surface area contributed by atoms with Gasteiger partial charge in [-0.3, -0.25) is 4.79 Å². The maximum absolute atomic E-state index is 12.5. The number of hydrogen-bond acceptors (Lipinski definition) is 3. The van der Waals surface area contributed by atoms with Crippen LogP contribution in [0, 0.1) is 0 Å². The van der Waals surface area contributed by atoms with Crippen LogP contribution in [0.25, 0.3) is 0 Å². The number of ether oxygens (including phenoxy) is 2. The van der Waals surface area contributed by atoms with E-state index < -0.39 is 11.7 Å². The fourth-order valence-electron chi connectivity index (χ4n) is 2.23. The van der Waals surface area contributed by atoms with Gasteiger partial charge in [-0.05, 0) is 48.4 Å². The van der Waals surface area contributed by atoms with E-state index in [1.807, 2.05) is 0 Å². The Hall–Kier alpha value is -2.70. The van der Waals surface area contributed by atoms with Crippen molar-refractivity contribution in [2.45, 2.75) is 19.0 Å². The van der Waals surface area contributed by atoms with Crippen molar-refractivity contribution in [2.75, 3.05) is 19.5 Å². The van der Waals surface area contributed by atoms with E-state index in [2.05, 4.69) is 5.32 Å². The van der Waals surface area contributed by atoms with Gasteiger partial charge in [0.25, 0.3) is 0 Å². The van der Waals surface area contributed by atoms with Gasteiger partial charge in [-0.2, -0.15) is 13.2 Å². The molecule has 2 aromatic carbocycles. The number of hydrogen-bond donors (Lipinski definition) is 1. The summed E-state index contributed by atoms with van der Waals surface area (Å²) in [6.45, 7) is 0. The molecule has 0 saturated heterocycles. The zero-order valence-corrected chi connectivity index (χ0v) is 13.8. The van der Waals surface area contributed by atoms with Gasteiger partial charge < -0.3 is 14.8 Å². The Morgan fingerprint density at radius 1 is 1.00 bits per heavy atom. The molecule has 2 rings (SSSR count). The summed E-state index contributed by atoms with van der Waals surface area (Å²) < 4.78 is 47.9. The van der Waals surface area contributed by atoms with Gasteiger partial charge in [0, 0.05) is 18.2 Å². The molecule has 0 bridgehead atoms. The first kappa shape index (κ1) is 18.6. The Balaban J connectivity index is 1.95. The summed E-state index contributed by atoms with van der Waals surface area (Å²) in [5.74, 6) is 0.955. The number of amides is 1. The number of carbonyl (C=O) groups is 1. The van der Waals surface area contributed by atoms with Crippen LogP contribution in [0.4, 0.5) is 18.9 Å². The van der Waals surface area contributed by atoms with E-state index in [4.69, 9.17) is 9.47 Å². The molecule has 1 N–H and O–H groups in total. The summed E-state index contributed by atoms with van der Waals surface area (Å²) in [5.41, 5.74) is 0.425. The lowest BCUT2D eigenvalue weighted by atomic mass is 10.1. The van der Waals surface area contributed by atoms with E-state index in [1.165, 1.54) is 26.4 Å². The van der Waals surface area contributed by atoms with Crippen molar-refractivity contribution in [3.63, 3.8) is 0 Å². The zero-order chi connectivity index (χ0) is 18.4. The first-order chi connectivity index (χ1) is 11.8. The van der Waals surface area contributed by atoms with Crippen LogP contribution in [-0.4, -0.2) is 20.1 Å². The number of halogens is 3. The summed E-state index contributed by atoms with van der Waals surface area (Å²) in [7, 11) is 3.08. The van der Waals surface area contributed by atoms with E-state index >= 15 is 0 Å². The molecular weight excluding hydrogens is 335 g/mol. The van der Waals surface area contributed by atoms with Gasteiger partial charge in [0.05, 0.1) is 19.8 Å². The molecule has 4 nitrogen and oxygen atoms in total. The fourth-order valence-corrected chi connectivity index (χ4v) is 2.23. The van der Waals surface area contributed by atoms with Crippen LogP contribution in [0.2, 0.25) is 0 Å². The molecule has 0 radical (unpaired) electrons. The number of rotatable bonds is 6. The molecule has 0 aromatic heterocycles. The van der Waals surface area contributed by atoms with Gasteiger partial charge >= 0.3 is 6.18 Å². The second-order valence-electron chi connectivity index (χ2n) is 5.34. The minimum Gasteiger partial charge on any atom is -0.497 e. The highest BCUT2D eigenvalue weighted by Crippen LogP contribution is 2.30. The topological polar surface area (TPSA) is 47.6 Å². The lowest BCUT2D eigenvalue weighted by Crippen LogP contribution is -2.13. The largest absolute Gasteiger partial charge is 0.497 e. The molecular formula is C18H18F3NO3. The average Bonchev–Trinajstić information content (AvgIpc) is 2.59. The minimum absolute atomic E-state index is 0.178. The summed E-state index contributed by atoms with van der Waals surface area (Å²) in [6.07, 6.45) is -3.77. The lowest BCUT2D eigenvalue weighted by Gasteiger charge is -2.10. The van der Waals surface area contributed by atoms with Crippen molar-refractivity contribution in [1.29, 1.82) is 0 Å². The normalized spacial score (nSPS) is 11.1. The first-order valence-electron chi connectivity index (χ1n) is 7.51. The average molecular weight is 353 g/mol. The summed E-state index contributed by atoms with van der Waals surface area (Å²) in [5, 5.41) is 2.58. The monoisotopic (exact) mass is 353 g/mol. The van der Waals surface area contributed by atoms with Gasteiger partial charge in [0.1, 0.15) is 11.5 Å². The quantitative estimate of drug-likeness (QED) is 0.843. The number of anilines is 1. The Kier molecular flexibility index (Phi) is 5.90. The molecule has 0 aliphatic rings. The Morgan fingerprint density at radius 3 is 2.04 bits per heavy atom. The molecule has 2 aromatic rings. The molecule has 1 amide bonds. The van der Waals surface area contributed by atoms with Crippen LogP contribution in [0.15, 0.2) is 42.5 Å². The predicted molar refractivity (Wildman–Crippen MR) is 87.9 cm³/mol. The van der Waals surface area contributed by atoms with E-state index in [0.717, 1.165) is 17.7 Å². The first-order valence-corrected chi connectivity index (χ1v) is 7.51. The SMILES string of the molecule is COc1cc(CCC(=O)Nc2ccc(C(F)(F)F)cc2)cc(OC)c1. The van der Waals surface area contributed by atoms with Crippen LogP contribution in [0.3, 0.4) is 0 Å². The van der Waals surface area contributed by atoms with Crippen LogP contribution >= 0.6 is 0 Å². The van der Waals surface area contributed by atoms with Gasteiger partial charge in [0.15, 0.2) is 0 Å². The molecule has 0 unspecified atom stereocenters. The van der Waals surface area contributed by atoms with Crippen molar-refractivity contribution in [3.8, 4) is 11.5 Å². The van der Waals surface area contributed by atoms with E-state index in [0.29, 0.717) is 23.6 Å². The molecule has 0 aliphatic heterocycles. The molecule has 0 spiro atoms. The second-order valence-corrected chi connectivity index (χ2v) is 5.34. The van der Waals surface area contributed by atoms with Gasteiger partial charge in [-0.25, -0.2) is 0 Å². The van der Waals surface area contributed by atoms with E-state index in [1.54, 1.807) is 18.2 Å². The fraction of sp³-hybridized carbons (Fsp3) is 0.278. The molecule has 0 fully saturated rings. The predicted octanol–water partition coefficient (Wildman–Crippen LogP) is 4.29. The van der Waals surface area contributed by atoms with Crippen molar-refractivity contribution in [2.24, 2.45) is 0 Å². The maximum Gasteiger partial charge on any atom is 0.416 e. The molecule has 0 atom stereocenters. The number of benzene rings is 2. The Labute approximate surface area is 143 Å². The maximum atomic E-state index is 12.5. The highest BCUT2D eigenvalue weighted by atomic mass is 19.4. The lowest BCUT2D eigenvalue weighted by molar-refractivity contribution is -0.137. The van der Waals surface area contributed by atoms with E-state index in [9.17, 15) is 18.0 Å². The van der Waals surface area contributed by atoms with Gasteiger partial charge in [-0.1, -0.05) is 0 Å². The van der Waals surface area contributed by atoms with Crippen LogP contribution in [0.5, 0.6) is 11.5 Å². The number of aryl methyl sites for hydroxylation is 1. The van der Waals surface area contributed by atoms with Crippen molar-refractivity contribution in [3.05, 3.63) is 53.6 Å². The standard InChI is InChI=1S/C18H18F3NO3/c1-24-15-9-12(10-16(11-15)25-2)3-8-17(23)22-14-6-4-13(5-7-14)18(19,20)21/h4-7,9-11H,3,8H2,1-2H3,(H,22,23).